The highest BCUT2D eigenvalue weighted by molar-refractivity contribution is 9.10. The molecule has 0 aliphatic rings. The zero-order valence-electron chi connectivity index (χ0n) is 16.5. The normalized spacial score (nSPS) is 11.9. The van der Waals surface area contributed by atoms with E-state index in [0.717, 1.165) is 32.9 Å². The Morgan fingerprint density at radius 1 is 1.00 bits per heavy atom. The van der Waals surface area contributed by atoms with E-state index in [9.17, 15) is 18.0 Å². The molecular weight excluding hydrogens is 485 g/mol. The van der Waals surface area contributed by atoms with Gasteiger partial charge >= 0.3 is 6.18 Å². The number of rotatable bonds is 5. The Morgan fingerprint density at radius 3 is 2.56 bits per heavy atom. The van der Waals surface area contributed by atoms with Crippen LogP contribution in [0.25, 0.3) is 22.1 Å². The molecule has 1 amide bonds. The van der Waals surface area contributed by atoms with Crippen LogP contribution in [0.15, 0.2) is 86.8 Å². The summed E-state index contributed by atoms with van der Waals surface area (Å²) in [4.78, 5) is 12.3. The second-order valence-corrected chi connectivity index (χ2v) is 7.86. The van der Waals surface area contributed by atoms with Gasteiger partial charge in [-0.05, 0) is 46.7 Å². The highest BCUT2D eigenvalue weighted by Gasteiger charge is 2.30. The van der Waals surface area contributed by atoms with Crippen LogP contribution >= 0.6 is 15.9 Å². The Hall–Kier alpha value is -3.39. The third-order valence-corrected chi connectivity index (χ3v) is 5.49. The lowest BCUT2D eigenvalue weighted by Gasteiger charge is -2.07. The molecule has 0 atom stereocenters. The zero-order chi connectivity index (χ0) is 22.7. The fraction of sp³-hybridized carbons (Fsp3) is 0.0833. The number of nitrogens with zero attached hydrogens (tertiary/aromatic N) is 1. The summed E-state index contributed by atoms with van der Waals surface area (Å²) in [5.74, 6) is 0.260. The molecule has 3 aromatic carbocycles. The number of fused-ring (bicyclic) bond motifs is 1. The average molecular weight is 501 g/mol. The molecule has 4 nitrogen and oxygen atoms in total. The van der Waals surface area contributed by atoms with E-state index >= 15 is 0 Å². The molecule has 4 aromatic rings. The average Bonchev–Trinajstić information content (AvgIpc) is 3.24. The third kappa shape index (κ3) is 4.91. The van der Waals surface area contributed by atoms with Gasteiger partial charge in [-0.15, -0.1) is 0 Å². The van der Waals surface area contributed by atoms with E-state index in [1.54, 1.807) is 12.1 Å². The molecule has 32 heavy (non-hydrogen) atoms. The van der Waals surface area contributed by atoms with Crippen molar-refractivity contribution in [1.29, 1.82) is 0 Å². The van der Waals surface area contributed by atoms with Crippen molar-refractivity contribution in [2.45, 2.75) is 12.6 Å². The number of hydrogen-bond acceptors (Lipinski definition) is 3. The number of alkyl halides is 3. The van der Waals surface area contributed by atoms with E-state index in [4.69, 9.17) is 4.42 Å². The summed E-state index contributed by atoms with van der Waals surface area (Å²) < 4.78 is 45.2. The first-order chi connectivity index (χ1) is 15.3. The van der Waals surface area contributed by atoms with Gasteiger partial charge in [-0.2, -0.15) is 18.3 Å². The molecule has 0 aliphatic heterocycles. The highest BCUT2D eigenvalue weighted by atomic mass is 79.9. The van der Waals surface area contributed by atoms with E-state index < -0.39 is 11.7 Å². The second-order valence-electron chi connectivity index (χ2n) is 7.00. The van der Waals surface area contributed by atoms with Gasteiger partial charge in [0.1, 0.15) is 11.5 Å². The summed E-state index contributed by atoms with van der Waals surface area (Å²) in [6.45, 7) is 0. The van der Waals surface area contributed by atoms with Gasteiger partial charge in [-0.3, -0.25) is 4.79 Å². The number of benzene rings is 3. The molecule has 4 rings (SSSR count). The Morgan fingerprint density at radius 2 is 1.78 bits per heavy atom. The Kier molecular flexibility index (Phi) is 6.14. The summed E-state index contributed by atoms with van der Waals surface area (Å²) in [7, 11) is 0. The summed E-state index contributed by atoms with van der Waals surface area (Å²) in [5, 5.41) is 5.87. The summed E-state index contributed by atoms with van der Waals surface area (Å²) in [5.41, 5.74) is 2.85. The SMILES string of the molecule is O=C(Cc1ccc(Br)c2ccccc12)N/N=C/c1ccc(-c2cccc(C(F)(F)F)c2)o1. The number of amides is 1. The molecule has 1 heterocycles. The molecule has 0 saturated carbocycles. The number of carbonyl (C=O) groups is 1. The van der Waals surface area contributed by atoms with Crippen molar-refractivity contribution in [3.05, 3.63) is 94.2 Å². The van der Waals surface area contributed by atoms with E-state index in [2.05, 4.69) is 26.5 Å². The van der Waals surface area contributed by atoms with Crippen molar-refractivity contribution >= 4 is 38.8 Å². The smallest absolute Gasteiger partial charge is 0.416 e. The fourth-order valence-corrected chi connectivity index (χ4v) is 3.76. The minimum Gasteiger partial charge on any atom is -0.455 e. The minimum atomic E-state index is -4.43. The van der Waals surface area contributed by atoms with Crippen LogP contribution < -0.4 is 5.43 Å². The van der Waals surface area contributed by atoms with Gasteiger partial charge in [0.2, 0.25) is 5.91 Å². The number of nitrogens with one attached hydrogen (secondary N) is 1. The van der Waals surface area contributed by atoms with Crippen LogP contribution in [0, 0.1) is 0 Å². The van der Waals surface area contributed by atoms with E-state index in [-0.39, 0.29) is 18.1 Å². The van der Waals surface area contributed by atoms with Crippen LogP contribution in [-0.4, -0.2) is 12.1 Å². The summed E-state index contributed by atoms with van der Waals surface area (Å²) >= 11 is 3.51. The van der Waals surface area contributed by atoms with Crippen LogP contribution in [-0.2, 0) is 17.4 Å². The minimum absolute atomic E-state index is 0.138. The number of hydrogen-bond donors (Lipinski definition) is 1. The lowest BCUT2D eigenvalue weighted by Crippen LogP contribution is -2.19. The standard InChI is InChI=1S/C24H16BrF3N2O2/c25-21-10-8-15(19-6-1-2-7-20(19)21)13-23(31)30-29-14-18-9-11-22(32-18)16-4-3-5-17(12-16)24(26,27)28/h1-12,14H,13H2,(H,30,31)/b29-14+. The van der Waals surface area contributed by atoms with Crippen LogP contribution in [0.2, 0.25) is 0 Å². The quantitative estimate of drug-likeness (QED) is 0.248. The van der Waals surface area contributed by atoms with Crippen molar-refractivity contribution < 1.29 is 22.4 Å². The number of hydrazone groups is 1. The van der Waals surface area contributed by atoms with Crippen LogP contribution in [0.1, 0.15) is 16.9 Å². The molecule has 1 aromatic heterocycles. The van der Waals surface area contributed by atoms with E-state index in [1.165, 1.54) is 18.3 Å². The first-order valence-corrected chi connectivity index (χ1v) is 10.4. The zero-order valence-corrected chi connectivity index (χ0v) is 18.1. The summed E-state index contributed by atoms with van der Waals surface area (Å²) in [6.07, 6.45) is -3.00. The van der Waals surface area contributed by atoms with Crippen molar-refractivity contribution in [2.24, 2.45) is 5.10 Å². The fourth-order valence-electron chi connectivity index (χ4n) is 3.29. The van der Waals surface area contributed by atoms with Crippen molar-refractivity contribution in [3.63, 3.8) is 0 Å². The highest BCUT2D eigenvalue weighted by Crippen LogP contribution is 2.32. The molecule has 8 heteroatoms. The Labute approximate surface area is 189 Å². The topological polar surface area (TPSA) is 54.6 Å². The third-order valence-electron chi connectivity index (χ3n) is 4.79. The molecular formula is C24H16BrF3N2O2. The first kappa shape index (κ1) is 21.8. The maximum absolute atomic E-state index is 12.9. The van der Waals surface area contributed by atoms with Gasteiger partial charge in [-0.1, -0.05) is 58.4 Å². The van der Waals surface area contributed by atoms with Gasteiger partial charge < -0.3 is 4.42 Å². The van der Waals surface area contributed by atoms with Crippen LogP contribution in [0.3, 0.4) is 0 Å². The molecule has 0 fully saturated rings. The monoisotopic (exact) mass is 500 g/mol. The lowest BCUT2D eigenvalue weighted by molar-refractivity contribution is -0.137. The predicted molar refractivity (Wildman–Crippen MR) is 120 cm³/mol. The number of carbonyl (C=O) groups excluding carboxylic acids is 1. The maximum Gasteiger partial charge on any atom is 0.416 e. The van der Waals surface area contributed by atoms with Gasteiger partial charge in [0, 0.05) is 10.0 Å². The molecule has 1 N–H and O–H groups in total. The van der Waals surface area contributed by atoms with Crippen molar-refractivity contribution in [3.8, 4) is 11.3 Å². The Balaban J connectivity index is 1.42. The van der Waals surface area contributed by atoms with Gasteiger partial charge in [0.25, 0.3) is 0 Å². The van der Waals surface area contributed by atoms with Crippen molar-refractivity contribution in [2.75, 3.05) is 0 Å². The van der Waals surface area contributed by atoms with Crippen molar-refractivity contribution in [1.82, 2.24) is 5.43 Å². The first-order valence-electron chi connectivity index (χ1n) is 9.57. The molecule has 0 spiro atoms. The summed E-state index contributed by atoms with van der Waals surface area (Å²) in [6, 6.07) is 19.5. The largest absolute Gasteiger partial charge is 0.455 e. The van der Waals surface area contributed by atoms with Gasteiger partial charge in [0.05, 0.1) is 18.2 Å². The molecule has 0 radical (unpaired) electrons. The van der Waals surface area contributed by atoms with E-state index in [1.807, 2.05) is 36.4 Å². The predicted octanol–water partition coefficient (Wildman–Crippen LogP) is 6.57. The van der Waals surface area contributed by atoms with Gasteiger partial charge in [0.15, 0.2) is 0 Å². The molecule has 162 valence electrons. The molecule has 0 saturated heterocycles. The molecule has 0 unspecified atom stereocenters. The molecule has 0 aliphatic carbocycles. The molecule has 0 bridgehead atoms. The maximum atomic E-state index is 12.9. The second kappa shape index (κ2) is 9.00. The van der Waals surface area contributed by atoms with Crippen LogP contribution in [0.5, 0.6) is 0 Å². The number of furan rings is 1. The number of halogens is 4. The Bertz CT molecular complexity index is 1310. The lowest BCUT2D eigenvalue weighted by atomic mass is 10.0. The van der Waals surface area contributed by atoms with Crippen LogP contribution in [0.4, 0.5) is 13.2 Å². The van der Waals surface area contributed by atoms with E-state index in [0.29, 0.717) is 11.3 Å². The van der Waals surface area contributed by atoms with Gasteiger partial charge in [-0.25, -0.2) is 5.43 Å².